The largest absolute Gasteiger partial charge is 0.394 e. The smallest absolute Gasteiger partial charge is 0.220 e. The molecular weight excluding hydrogens is 1210 g/mol. The van der Waals surface area contributed by atoms with Crippen LogP contribution < -0.4 is 10.6 Å². The van der Waals surface area contributed by atoms with E-state index in [1.54, 1.807) is 6.08 Å². The maximum absolute atomic E-state index is 13.4. The molecule has 4 aliphatic heterocycles. The molecule has 2 amide bonds. The number of hydrogen-bond acceptors (Lipinski definition) is 23. The van der Waals surface area contributed by atoms with Crippen molar-refractivity contribution in [2.45, 2.75) is 374 Å². The first-order valence-corrected chi connectivity index (χ1v) is 35.9. The molecule has 0 radical (unpaired) electrons. The fourth-order valence-corrected chi connectivity index (χ4v) is 12.8. The Labute approximate surface area is 553 Å². The molecule has 93 heavy (non-hydrogen) atoms. The third-order valence-corrected chi connectivity index (χ3v) is 18.6. The molecule has 546 valence electrons. The Hall–Kier alpha value is -2.16. The van der Waals surface area contributed by atoms with Crippen LogP contribution >= 0.6 is 0 Å². The number of rotatable bonds is 51. The van der Waals surface area contributed by atoms with E-state index in [0.717, 1.165) is 45.4 Å². The highest BCUT2D eigenvalue weighted by atomic mass is 16.8. The molecule has 0 aromatic carbocycles. The van der Waals surface area contributed by atoms with Gasteiger partial charge in [-0.05, 0) is 19.3 Å². The third kappa shape index (κ3) is 29.7. The van der Waals surface area contributed by atoms with Gasteiger partial charge in [0.25, 0.3) is 0 Å². The van der Waals surface area contributed by atoms with Crippen molar-refractivity contribution in [1.29, 1.82) is 0 Å². The Balaban J connectivity index is 1.29. The Kier molecular flexibility index (Phi) is 43.5. The number of carbonyl (C=O) groups excluding carboxylic acids is 2. The highest BCUT2D eigenvalue weighted by molar-refractivity contribution is 5.76. The van der Waals surface area contributed by atoms with Crippen molar-refractivity contribution in [2.24, 2.45) is 0 Å². The van der Waals surface area contributed by atoms with E-state index in [4.69, 9.17) is 37.9 Å². The fraction of sp³-hybridized carbons (Fsp3) is 0.941. The van der Waals surface area contributed by atoms with Gasteiger partial charge in [0, 0.05) is 13.3 Å². The van der Waals surface area contributed by atoms with Gasteiger partial charge in [0.2, 0.25) is 11.8 Å². The van der Waals surface area contributed by atoms with Gasteiger partial charge in [0.05, 0.1) is 45.2 Å². The summed E-state index contributed by atoms with van der Waals surface area (Å²) in [5.41, 5.74) is 0. The molecule has 0 aromatic rings. The Morgan fingerprint density at radius 3 is 1.23 bits per heavy atom. The molecule has 0 aromatic heterocycles. The molecule has 4 rings (SSSR count). The Morgan fingerprint density at radius 2 is 0.785 bits per heavy atom. The predicted molar refractivity (Wildman–Crippen MR) is 345 cm³/mol. The summed E-state index contributed by atoms with van der Waals surface area (Å²) in [6.07, 6.45) is 8.46. The molecule has 0 saturated carbocycles. The second-order valence-electron chi connectivity index (χ2n) is 26.4. The number of aliphatic hydroxyl groups excluding tert-OH is 13. The van der Waals surface area contributed by atoms with Gasteiger partial charge in [0.1, 0.15) is 97.6 Å². The monoisotopic (exact) mass is 1340 g/mol. The lowest BCUT2D eigenvalue weighted by Gasteiger charge is -2.49. The van der Waals surface area contributed by atoms with Crippen LogP contribution in [0.5, 0.6) is 0 Å². The maximum Gasteiger partial charge on any atom is 0.220 e. The summed E-state index contributed by atoms with van der Waals surface area (Å²) >= 11 is 0. The first-order valence-electron chi connectivity index (χ1n) is 35.9. The number of ether oxygens (including phenoxy) is 8. The predicted octanol–water partition coefficient (Wildman–Crippen LogP) is 4.12. The van der Waals surface area contributed by atoms with E-state index in [9.17, 15) is 76.0 Å². The summed E-state index contributed by atoms with van der Waals surface area (Å²) in [5.74, 6) is -0.999. The molecule has 0 unspecified atom stereocenters. The highest BCUT2D eigenvalue weighted by Gasteiger charge is 2.56. The number of amides is 2. The molecule has 4 fully saturated rings. The summed E-state index contributed by atoms with van der Waals surface area (Å²) in [7, 11) is 0. The first-order chi connectivity index (χ1) is 45.0. The third-order valence-electron chi connectivity index (χ3n) is 18.6. The van der Waals surface area contributed by atoms with Crippen LogP contribution in [0, 0.1) is 0 Å². The minimum Gasteiger partial charge on any atom is -0.394 e. The van der Waals surface area contributed by atoms with E-state index in [-0.39, 0.29) is 12.3 Å². The standard InChI is InChI=1S/C68H126N2O23/c1-4-6-8-10-12-14-16-18-19-20-21-22-23-24-25-27-29-31-33-35-37-39-52(77)70-46(47(76)38-36-34-32-30-28-26-17-15-13-11-9-7-5-2)44-86-66-59(83)57(81)62(50(42-73)89-66)91-67-60(84)58(82)63(51(43-74)90-67)92-68-61(85)64(55(79)49(41-72)88-68)93-65-53(69-45(3)75)56(80)54(78)48(40-71)87-65/h36,38,46-51,53-68,71-74,76,78-85H,4-35,37,39-44H2,1-3H3,(H,69,75)(H,70,77)/b38-36+/t46-,47+,48+,49+,50+,51+,53+,54-,55-,56+,57+,58+,59+,60+,61+,62+,63-,64-,65-,66+,67-,68+/m0/s1. The van der Waals surface area contributed by atoms with Crippen LogP contribution in [0.25, 0.3) is 0 Å². The van der Waals surface area contributed by atoms with Gasteiger partial charge in [-0.2, -0.15) is 0 Å². The van der Waals surface area contributed by atoms with Crippen LogP contribution in [0.2, 0.25) is 0 Å². The molecule has 0 aliphatic carbocycles. The minimum absolute atomic E-state index is 0.219. The van der Waals surface area contributed by atoms with Crippen LogP contribution in [-0.2, 0) is 47.5 Å². The average Bonchev–Trinajstić information content (AvgIpc) is 1.36. The van der Waals surface area contributed by atoms with Crippen molar-refractivity contribution in [3.8, 4) is 0 Å². The zero-order valence-electron chi connectivity index (χ0n) is 56.3. The molecule has 22 atom stereocenters. The molecule has 4 saturated heterocycles. The van der Waals surface area contributed by atoms with Crippen molar-refractivity contribution in [1.82, 2.24) is 10.6 Å². The summed E-state index contributed by atoms with van der Waals surface area (Å²) in [6.45, 7) is 1.65. The number of allylic oxidation sites excluding steroid dienone is 1. The summed E-state index contributed by atoms with van der Waals surface area (Å²) in [5, 5.41) is 148. The van der Waals surface area contributed by atoms with Crippen molar-refractivity contribution >= 4 is 11.8 Å². The van der Waals surface area contributed by atoms with Crippen LogP contribution in [0.15, 0.2) is 12.2 Å². The second kappa shape index (κ2) is 48.6. The van der Waals surface area contributed by atoms with Gasteiger partial charge < -0.3 is 115 Å². The van der Waals surface area contributed by atoms with E-state index in [2.05, 4.69) is 24.5 Å². The zero-order chi connectivity index (χ0) is 67.9. The minimum atomic E-state index is -2.10. The lowest BCUT2D eigenvalue weighted by Crippen LogP contribution is -2.69. The molecule has 4 aliphatic rings. The summed E-state index contributed by atoms with van der Waals surface area (Å²) in [6, 6.07) is -2.53. The number of nitrogens with one attached hydrogen (secondary N) is 2. The maximum atomic E-state index is 13.4. The van der Waals surface area contributed by atoms with E-state index in [1.807, 2.05) is 6.08 Å². The number of carbonyl (C=O) groups is 2. The molecule has 0 bridgehead atoms. The van der Waals surface area contributed by atoms with E-state index in [1.165, 1.54) is 161 Å². The van der Waals surface area contributed by atoms with Crippen LogP contribution in [0.4, 0.5) is 0 Å². The van der Waals surface area contributed by atoms with Crippen LogP contribution in [0.3, 0.4) is 0 Å². The molecule has 4 heterocycles. The topological polar surface area (TPSA) is 395 Å². The average molecular weight is 1340 g/mol. The summed E-state index contributed by atoms with van der Waals surface area (Å²) < 4.78 is 46.5. The van der Waals surface area contributed by atoms with Gasteiger partial charge in [-0.1, -0.05) is 219 Å². The van der Waals surface area contributed by atoms with E-state index in [0.29, 0.717) is 12.8 Å². The van der Waals surface area contributed by atoms with Gasteiger partial charge in [0.15, 0.2) is 25.2 Å². The molecule has 25 heteroatoms. The second-order valence-corrected chi connectivity index (χ2v) is 26.4. The lowest BCUT2D eigenvalue weighted by atomic mass is 9.95. The highest BCUT2D eigenvalue weighted by Crippen LogP contribution is 2.35. The van der Waals surface area contributed by atoms with Gasteiger partial charge in [-0.15, -0.1) is 0 Å². The molecule has 15 N–H and O–H groups in total. The number of hydrogen-bond donors (Lipinski definition) is 15. The molecular formula is C68H126N2O23. The van der Waals surface area contributed by atoms with E-state index >= 15 is 0 Å². The zero-order valence-corrected chi connectivity index (χ0v) is 56.3. The number of unbranched alkanes of at least 4 members (excludes halogenated alkanes) is 31. The summed E-state index contributed by atoms with van der Waals surface area (Å²) in [4.78, 5) is 25.5. The van der Waals surface area contributed by atoms with Crippen molar-refractivity contribution in [2.75, 3.05) is 33.0 Å². The van der Waals surface area contributed by atoms with Gasteiger partial charge >= 0.3 is 0 Å². The van der Waals surface area contributed by atoms with Gasteiger partial charge in [-0.25, -0.2) is 0 Å². The van der Waals surface area contributed by atoms with E-state index < -0.39 is 174 Å². The first kappa shape index (κ1) is 83.3. The normalized spacial score (nSPS) is 32.4. The quantitative estimate of drug-likeness (QED) is 0.0301. The Bertz CT molecular complexity index is 1930. The SMILES string of the molecule is CCCCCCCCCCCCC/C=C/[C@@H](O)[C@H](CO[C@@H]1O[C@H](CO)[C@@H](O[C@@H]2O[C@H](CO)[C@H](O[C@H]3O[C@H](CO)[C@H](O)[C@H](O[C@@H]4O[C@H](CO)[C@H](O)[C@H](O)[C@H]4NC(C)=O)[C@H]3O)[C@H](O)[C@H]2O)[C@H](O)[C@H]1O)NC(=O)CCCCCCCCCCCCCCCCCCCCCCC. The number of aliphatic hydroxyl groups is 13. The molecule has 0 spiro atoms. The van der Waals surface area contributed by atoms with Crippen LogP contribution in [0.1, 0.15) is 239 Å². The van der Waals surface area contributed by atoms with Crippen molar-refractivity contribution in [3.05, 3.63) is 12.2 Å². The fourth-order valence-electron chi connectivity index (χ4n) is 12.8. The van der Waals surface area contributed by atoms with Gasteiger partial charge in [-0.3, -0.25) is 9.59 Å². The van der Waals surface area contributed by atoms with Crippen molar-refractivity contribution in [3.63, 3.8) is 0 Å². The lowest BCUT2D eigenvalue weighted by molar-refractivity contribution is -0.386. The van der Waals surface area contributed by atoms with Crippen LogP contribution in [-0.4, -0.2) is 246 Å². The Morgan fingerprint density at radius 1 is 0.419 bits per heavy atom. The molecule has 25 nitrogen and oxygen atoms in total. The van der Waals surface area contributed by atoms with Crippen molar-refractivity contribution < 1.29 is 114 Å².